The molecule has 0 unspecified atom stereocenters. The predicted octanol–water partition coefficient (Wildman–Crippen LogP) is 4.34. The van der Waals surface area contributed by atoms with Crippen molar-refractivity contribution in [2.45, 2.75) is 32.7 Å². The Morgan fingerprint density at radius 3 is 2.43 bits per heavy atom. The number of anilines is 1. The van der Waals surface area contributed by atoms with Crippen molar-refractivity contribution in [1.82, 2.24) is 5.32 Å². The second kappa shape index (κ2) is 8.57. The number of carbonyl (C=O) groups excluding carboxylic acids is 1. The van der Waals surface area contributed by atoms with Gasteiger partial charge in [-0.05, 0) is 56.5 Å². The number of ether oxygens (including phenoxy) is 2. The molecule has 0 aromatic heterocycles. The van der Waals surface area contributed by atoms with E-state index in [0.29, 0.717) is 11.5 Å². The molecule has 28 heavy (non-hydrogen) atoms. The molecule has 0 atom stereocenters. The summed E-state index contributed by atoms with van der Waals surface area (Å²) in [5, 5.41) is 6.43. The molecule has 2 aromatic rings. The van der Waals surface area contributed by atoms with Gasteiger partial charge in [-0.3, -0.25) is 4.79 Å². The van der Waals surface area contributed by atoms with Crippen molar-refractivity contribution in [1.29, 1.82) is 0 Å². The minimum atomic E-state index is -0.179. The molecule has 3 rings (SSSR count). The Balaban J connectivity index is 0.00000280. The van der Waals surface area contributed by atoms with Crippen LogP contribution in [0.2, 0.25) is 0 Å². The summed E-state index contributed by atoms with van der Waals surface area (Å²) in [6.45, 7) is 6.19. The Morgan fingerprint density at radius 1 is 1.14 bits per heavy atom. The maximum atomic E-state index is 12.6. The SMILES string of the molecule is COc1cc2c(cc1OC)/C(=C/C(=O)Nc1ccccc1C)NC(C)(C)C2.Cl. The molecule has 0 saturated carbocycles. The van der Waals surface area contributed by atoms with Gasteiger partial charge >= 0.3 is 0 Å². The van der Waals surface area contributed by atoms with Crippen molar-refractivity contribution in [2.24, 2.45) is 0 Å². The number of hydrogen-bond donors (Lipinski definition) is 2. The molecule has 2 aromatic carbocycles. The Labute approximate surface area is 172 Å². The summed E-state index contributed by atoms with van der Waals surface area (Å²) in [4.78, 5) is 12.6. The van der Waals surface area contributed by atoms with E-state index in [-0.39, 0.29) is 23.9 Å². The molecule has 0 radical (unpaired) electrons. The molecule has 0 saturated heterocycles. The van der Waals surface area contributed by atoms with Gasteiger partial charge in [0.05, 0.1) is 14.2 Å². The van der Waals surface area contributed by atoms with E-state index in [1.54, 1.807) is 20.3 Å². The van der Waals surface area contributed by atoms with Crippen LogP contribution in [0, 0.1) is 6.92 Å². The van der Waals surface area contributed by atoms with Gasteiger partial charge in [0.2, 0.25) is 5.91 Å². The Hall–Kier alpha value is -2.66. The third-order valence-electron chi connectivity index (χ3n) is 4.68. The second-order valence-electron chi connectivity index (χ2n) is 7.41. The lowest BCUT2D eigenvalue weighted by atomic mass is 9.85. The van der Waals surface area contributed by atoms with Crippen molar-refractivity contribution >= 4 is 29.7 Å². The zero-order valence-corrected chi connectivity index (χ0v) is 17.7. The number of nitrogens with one attached hydrogen (secondary N) is 2. The molecule has 150 valence electrons. The van der Waals surface area contributed by atoms with E-state index < -0.39 is 0 Å². The number of halogens is 1. The highest BCUT2D eigenvalue weighted by atomic mass is 35.5. The summed E-state index contributed by atoms with van der Waals surface area (Å²) in [6, 6.07) is 11.6. The van der Waals surface area contributed by atoms with Crippen molar-refractivity contribution in [3.63, 3.8) is 0 Å². The van der Waals surface area contributed by atoms with E-state index in [1.165, 1.54) is 0 Å². The maximum absolute atomic E-state index is 12.6. The maximum Gasteiger partial charge on any atom is 0.250 e. The third kappa shape index (κ3) is 4.60. The first-order chi connectivity index (χ1) is 12.8. The number of carbonyl (C=O) groups is 1. The van der Waals surface area contributed by atoms with Crippen LogP contribution in [0.1, 0.15) is 30.5 Å². The van der Waals surface area contributed by atoms with Crippen LogP contribution in [0.25, 0.3) is 5.70 Å². The fourth-order valence-electron chi connectivity index (χ4n) is 3.40. The smallest absolute Gasteiger partial charge is 0.250 e. The van der Waals surface area contributed by atoms with Gasteiger partial charge in [0.15, 0.2) is 11.5 Å². The third-order valence-corrected chi connectivity index (χ3v) is 4.68. The van der Waals surface area contributed by atoms with Crippen molar-refractivity contribution in [3.05, 3.63) is 59.2 Å². The van der Waals surface area contributed by atoms with Crippen LogP contribution in [0.5, 0.6) is 11.5 Å². The highest BCUT2D eigenvalue weighted by Crippen LogP contribution is 2.37. The fraction of sp³-hybridized carbons (Fsp3) is 0.318. The summed E-state index contributed by atoms with van der Waals surface area (Å²) in [5.74, 6) is 1.16. The standard InChI is InChI=1S/C22H26N2O3.ClH/c1-14-8-6-7-9-17(14)23-21(25)12-18-16-11-20(27-5)19(26-4)10-15(16)13-22(2,3)24-18;/h6-12,24H,13H2,1-5H3,(H,23,25);1H/b18-12-;. The molecular formula is C22H27ClN2O3. The van der Waals surface area contributed by atoms with Gasteiger partial charge in [-0.1, -0.05) is 18.2 Å². The van der Waals surface area contributed by atoms with E-state index in [1.807, 2.05) is 43.3 Å². The van der Waals surface area contributed by atoms with E-state index in [9.17, 15) is 4.79 Å². The first-order valence-electron chi connectivity index (χ1n) is 8.95. The van der Waals surface area contributed by atoms with Crippen LogP contribution >= 0.6 is 12.4 Å². The van der Waals surface area contributed by atoms with E-state index in [2.05, 4.69) is 24.5 Å². The molecule has 1 aliphatic heterocycles. The van der Waals surface area contributed by atoms with Crippen molar-refractivity contribution in [2.75, 3.05) is 19.5 Å². The average molecular weight is 403 g/mol. The van der Waals surface area contributed by atoms with Gasteiger partial charge < -0.3 is 20.1 Å². The lowest BCUT2D eigenvalue weighted by molar-refractivity contribution is -0.111. The minimum absolute atomic E-state index is 0. The summed E-state index contributed by atoms with van der Waals surface area (Å²) in [5.41, 5.74) is 4.49. The van der Waals surface area contributed by atoms with Crippen LogP contribution in [-0.2, 0) is 11.2 Å². The van der Waals surface area contributed by atoms with E-state index >= 15 is 0 Å². The molecule has 1 aliphatic rings. The van der Waals surface area contributed by atoms with Gasteiger partial charge in [-0.25, -0.2) is 0 Å². The quantitative estimate of drug-likeness (QED) is 0.747. The first kappa shape index (κ1) is 21.6. The van der Waals surface area contributed by atoms with E-state index in [4.69, 9.17) is 9.47 Å². The van der Waals surface area contributed by atoms with Crippen LogP contribution in [-0.4, -0.2) is 25.7 Å². The van der Waals surface area contributed by atoms with Gasteiger partial charge in [0.25, 0.3) is 0 Å². The summed E-state index contributed by atoms with van der Waals surface area (Å²) in [6.07, 6.45) is 2.43. The van der Waals surface area contributed by atoms with Gasteiger partial charge in [-0.15, -0.1) is 12.4 Å². The molecule has 1 heterocycles. The largest absolute Gasteiger partial charge is 0.493 e. The number of aryl methyl sites for hydroxylation is 1. The summed E-state index contributed by atoms with van der Waals surface area (Å²) >= 11 is 0. The number of para-hydroxylation sites is 1. The fourth-order valence-corrected chi connectivity index (χ4v) is 3.40. The number of methoxy groups -OCH3 is 2. The minimum Gasteiger partial charge on any atom is -0.493 e. The zero-order chi connectivity index (χ0) is 19.6. The monoisotopic (exact) mass is 402 g/mol. The topological polar surface area (TPSA) is 59.6 Å². The first-order valence-corrected chi connectivity index (χ1v) is 8.95. The molecule has 5 nitrogen and oxygen atoms in total. The van der Waals surface area contributed by atoms with Crippen molar-refractivity contribution < 1.29 is 14.3 Å². The molecule has 1 amide bonds. The summed E-state index contributed by atoms with van der Waals surface area (Å²) in [7, 11) is 3.24. The van der Waals surface area contributed by atoms with Crippen molar-refractivity contribution in [3.8, 4) is 11.5 Å². The van der Waals surface area contributed by atoms with E-state index in [0.717, 1.165) is 34.5 Å². The Bertz CT molecular complexity index is 907. The second-order valence-corrected chi connectivity index (χ2v) is 7.41. The molecule has 6 heteroatoms. The molecule has 0 fully saturated rings. The molecule has 0 spiro atoms. The molecule has 2 N–H and O–H groups in total. The number of hydrogen-bond acceptors (Lipinski definition) is 4. The van der Waals surface area contributed by atoms with Crippen LogP contribution in [0.15, 0.2) is 42.5 Å². The van der Waals surface area contributed by atoms with Crippen LogP contribution in [0.4, 0.5) is 5.69 Å². The number of fused-ring (bicyclic) bond motifs is 1. The zero-order valence-electron chi connectivity index (χ0n) is 16.9. The highest BCUT2D eigenvalue weighted by molar-refractivity contribution is 6.04. The average Bonchev–Trinajstić information content (AvgIpc) is 2.61. The number of rotatable bonds is 4. The lowest BCUT2D eigenvalue weighted by Crippen LogP contribution is -2.44. The Morgan fingerprint density at radius 2 is 1.79 bits per heavy atom. The lowest BCUT2D eigenvalue weighted by Gasteiger charge is -2.36. The van der Waals surface area contributed by atoms with Crippen LogP contribution < -0.4 is 20.1 Å². The number of amides is 1. The normalized spacial score (nSPS) is 15.7. The van der Waals surface area contributed by atoms with Gasteiger partial charge in [0, 0.05) is 28.6 Å². The van der Waals surface area contributed by atoms with Gasteiger partial charge in [0.1, 0.15) is 0 Å². The number of benzene rings is 2. The summed E-state index contributed by atoms with van der Waals surface area (Å²) < 4.78 is 10.9. The van der Waals surface area contributed by atoms with Crippen LogP contribution in [0.3, 0.4) is 0 Å². The predicted molar refractivity (Wildman–Crippen MR) is 115 cm³/mol. The highest BCUT2D eigenvalue weighted by Gasteiger charge is 2.29. The Kier molecular flexibility index (Phi) is 6.62. The van der Waals surface area contributed by atoms with Gasteiger partial charge in [-0.2, -0.15) is 0 Å². The molecule has 0 aliphatic carbocycles. The molecule has 0 bridgehead atoms. The molecular weight excluding hydrogens is 376 g/mol.